The number of carbonyl (C=O) groups excluding carboxylic acids is 2. The number of aliphatic hydroxyl groups excluding tert-OH is 3. The zero-order chi connectivity index (χ0) is 27.6. The SMILES string of the molecule is C=C1c2ccc(CN(C)OC)c(O)c2C(O)=C2C(=O)[C@]3(OC)CC(C(N)=O)=C(O)[C@@H](N(C)C)C3[C@@H](O)[C@H]12. The number of phenols is 1. The average molecular weight is 516 g/mol. The molecule has 3 aliphatic rings. The lowest BCUT2D eigenvalue weighted by molar-refractivity contribution is -0.172. The Bertz CT molecular complexity index is 1250. The summed E-state index contributed by atoms with van der Waals surface area (Å²) in [6.45, 7) is 4.30. The standard InChI is InChI=1S/C26H33N3O8/c1-11-13-8-7-12(10-29(4)37-6)20(30)16(13)22(32)17-15(11)23(33)18-19(28(2)3)21(31)14(25(27)35)9-26(18,36-5)24(17)34/h7-8,15,18-19,23,30-33H,1,9-10H2,2-6H3,(H2,27,35)/t15-,18?,19+,23+,26+/m1/s1. The number of ketones is 1. The number of nitrogens with zero attached hydrogens (tertiary/aromatic N) is 2. The van der Waals surface area contributed by atoms with Gasteiger partial charge in [-0.3, -0.25) is 14.5 Å². The Balaban J connectivity index is 1.98. The van der Waals surface area contributed by atoms with Crippen LogP contribution in [0.4, 0.5) is 0 Å². The van der Waals surface area contributed by atoms with E-state index in [2.05, 4.69) is 6.58 Å². The number of aromatic hydroxyl groups is 1. The highest BCUT2D eigenvalue weighted by atomic mass is 16.7. The molecular formula is C26H33N3O8. The van der Waals surface area contributed by atoms with Gasteiger partial charge in [0.1, 0.15) is 22.9 Å². The zero-order valence-electron chi connectivity index (χ0n) is 21.5. The quantitative estimate of drug-likeness (QED) is 0.343. The number of fused-ring (bicyclic) bond motifs is 3. The Morgan fingerprint density at radius 3 is 2.41 bits per heavy atom. The van der Waals surface area contributed by atoms with Gasteiger partial charge < -0.3 is 35.7 Å². The van der Waals surface area contributed by atoms with Crippen LogP contribution in [0.15, 0.2) is 35.6 Å². The number of ether oxygens (including phenoxy) is 1. The highest BCUT2D eigenvalue weighted by Crippen LogP contribution is 2.57. The van der Waals surface area contributed by atoms with Crippen molar-refractivity contribution in [1.29, 1.82) is 0 Å². The van der Waals surface area contributed by atoms with E-state index in [-0.39, 0.29) is 34.8 Å². The van der Waals surface area contributed by atoms with Crippen LogP contribution in [-0.2, 0) is 25.7 Å². The number of phenolic OH excluding ortho intramolecular Hbond substituents is 1. The van der Waals surface area contributed by atoms with Gasteiger partial charge in [-0.15, -0.1) is 0 Å². The molecule has 1 aromatic carbocycles. The third-order valence-corrected chi connectivity index (χ3v) is 7.95. The topological polar surface area (TPSA) is 166 Å². The molecule has 0 aliphatic heterocycles. The van der Waals surface area contributed by atoms with E-state index >= 15 is 0 Å². The molecule has 3 aliphatic carbocycles. The lowest BCUT2D eigenvalue weighted by Crippen LogP contribution is -2.68. The van der Waals surface area contributed by atoms with Crippen LogP contribution in [0.5, 0.6) is 5.75 Å². The normalized spacial score (nSPS) is 29.5. The maximum atomic E-state index is 14.2. The maximum Gasteiger partial charge on any atom is 0.248 e. The van der Waals surface area contributed by atoms with E-state index in [1.54, 1.807) is 38.2 Å². The fraction of sp³-hybridized carbons (Fsp3) is 0.462. The number of rotatable bonds is 6. The summed E-state index contributed by atoms with van der Waals surface area (Å²) in [6, 6.07) is 2.32. The molecule has 6 N–H and O–H groups in total. The Morgan fingerprint density at radius 1 is 1.22 bits per heavy atom. The van der Waals surface area contributed by atoms with Crippen molar-refractivity contribution in [3.05, 3.63) is 52.3 Å². The van der Waals surface area contributed by atoms with Gasteiger partial charge in [-0.2, -0.15) is 5.06 Å². The summed E-state index contributed by atoms with van der Waals surface area (Å²) in [5.41, 5.74) is 4.47. The number of likely N-dealkylation sites (N-methyl/N-ethyl adjacent to an activating group) is 1. The van der Waals surface area contributed by atoms with Gasteiger partial charge >= 0.3 is 0 Å². The summed E-state index contributed by atoms with van der Waals surface area (Å²) in [6.07, 6.45) is -1.76. The fourth-order valence-electron chi connectivity index (χ4n) is 6.11. The molecule has 11 nitrogen and oxygen atoms in total. The molecule has 0 spiro atoms. The van der Waals surface area contributed by atoms with Crippen molar-refractivity contribution >= 4 is 23.0 Å². The summed E-state index contributed by atoms with van der Waals surface area (Å²) in [7, 11) is 7.67. The minimum absolute atomic E-state index is 0.0111. The maximum absolute atomic E-state index is 14.2. The van der Waals surface area contributed by atoms with E-state index in [9.17, 15) is 30.0 Å². The predicted octanol–water partition coefficient (Wildman–Crippen LogP) is 0.874. The molecule has 1 aromatic rings. The van der Waals surface area contributed by atoms with Gasteiger partial charge in [-0.05, 0) is 25.2 Å². The Kier molecular flexibility index (Phi) is 6.72. The van der Waals surface area contributed by atoms with E-state index in [4.69, 9.17) is 15.3 Å². The summed E-state index contributed by atoms with van der Waals surface area (Å²) in [4.78, 5) is 33.2. The zero-order valence-corrected chi connectivity index (χ0v) is 21.5. The van der Waals surface area contributed by atoms with Crippen LogP contribution < -0.4 is 5.73 Å². The van der Waals surface area contributed by atoms with Crippen molar-refractivity contribution in [3.8, 4) is 5.75 Å². The summed E-state index contributed by atoms with van der Waals surface area (Å²) >= 11 is 0. The molecular weight excluding hydrogens is 482 g/mol. The Hall–Kier alpha value is -3.22. The molecule has 0 bridgehead atoms. The minimum atomic E-state index is -1.83. The van der Waals surface area contributed by atoms with Gasteiger partial charge in [0.2, 0.25) is 5.91 Å². The van der Waals surface area contributed by atoms with Crippen LogP contribution in [0, 0.1) is 11.8 Å². The second kappa shape index (κ2) is 9.26. The van der Waals surface area contributed by atoms with Crippen LogP contribution in [0.25, 0.3) is 11.3 Å². The van der Waals surface area contributed by atoms with Crippen LogP contribution in [0.2, 0.25) is 0 Å². The number of benzene rings is 1. The van der Waals surface area contributed by atoms with Crippen molar-refractivity contribution in [1.82, 2.24) is 9.96 Å². The number of carbonyl (C=O) groups is 2. The van der Waals surface area contributed by atoms with Crippen LogP contribution in [0.1, 0.15) is 23.1 Å². The van der Waals surface area contributed by atoms with Gasteiger partial charge in [0.15, 0.2) is 5.78 Å². The average Bonchev–Trinajstić information content (AvgIpc) is 2.84. The first-order chi connectivity index (χ1) is 17.3. The molecule has 11 heteroatoms. The summed E-state index contributed by atoms with van der Waals surface area (Å²) in [5, 5.41) is 46.8. The van der Waals surface area contributed by atoms with E-state index < -0.39 is 53.5 Å². The minimum Gasteiger partial charge on any atom is -0.510 e. The number of aliphatic hydroxyl groups is 3. The van der Waals surface area contributed by atoms with E-state index in [0.29, 0.717) is 16.7 Å². The number of nitrogens with two attached hydrogens (primary N) is 1. The largest absolute Gasteiger partial charge is 0.510 e. The lowest BCUT2D eigenvalue weighted by atomic mass is 9.55. The molecule has 1 saturated carbocycles. The molecule has 0 saturated heterocycles. The van der Waals surface area contributed by atoms with Crippen LogP contribution >= 0.6 is 0 Å². The highest BCUT2D eigenvalue weighted by Gasteiger charge is 2.65. The second-order valence-corrected chi connectivity index (χ2v) is 9.98. The third kappa shape index (κ3) is 3.69. The first-order valence-corrected chi connectivity index (χ1v) is 11.7. The molecule has 1 unspecified atom stereocenters. The van der Waals surface area contributed by atoms with Gasteiger partial charge in [0, 0.05) is 38.0 Å². The van der Waals surface area contributed by atoms with Gasteiger partial charge in [-0.1, -0.05) is 18.7 Å². The van der Waals surface area contributed by atoms with Gasteiger partial charge in [0.05, 0.1) is 42.5 Å². The Morgan fingerprint density at radius 2 is 1.86 bits per heavy atom. The number of hydrogen-bond acceptors (Lipinski definition) is 10. The summed E-state index contributed by atoms with van der Waals surface area (Å²) in [5.74, 6) is -4.80. The van der Waals surface area contributed by atoms with Crippen molar-refractivity contribution in [2.75, 3.05) is 35.4 Å². The molecule has 1 fully saturated rings. The smallest absolute Gasteiger partial charge is 0.248 e. The van der Waals surface area contributed by atoms with Crippen molar-refractivity contribution in [2.45, 2.75) is 30.7 Å². The molecule has 200 valence electrons. The monoisotopic (exact) mass is 515 g/mol. The van der Waals surface area contributed by atoms with Gasteiger partial charge in [-0.25, -0.2) is 0 Å². The molecule has 1 amide bonds. The Labute approximate surface area is 214 Å². The van der Waals surface area contributed by atoms with E-state index in [1.807, 2.05) is 0 Å². The van der Waals surface area contributed by atoms with Crippen LogP contribution in [-0.4, -0.2) is 95.2 Å². The molecule has 4 rings (SSSR count). The summed E-state index contributed by atoms with van der Waals surface area (Å²) < 4.78 is 5.77. The molecule has 0 aromatic heterocycles. The first-order valence-electron chi connectivity index (χ1n) is 11.7. The molecule has 0 radical (unpaired) electrons. The number of primary amides is 1. The number of methoxy groups -OCH3 is 1. The van der Waals surface area contributed by atoms with Crippen molar-refractivity contribution in [3.63, 3.8) is 0 Å². The van der Waals surface area contributed by atoms with Gasteiger partial charge in [0.25, 0.3) is 0 Å². The molecule has 0 heterocycles. The highest BCUT2D eigenvalue weighted by molar-refractivity contribution is 6.14. The predicted molar refractivity (Wildman–Crippen MR) is 134 cm³/mol. The fourth-order valence-corrected chi connectivity index (χ4v) is 6.11. The molecule has 37 heavy (non-hydrogen) atoms. The number of Topliss-reactive ketones (excluding diaryl/α,β-unsaturated/α-hetero) is 1. The number of hydrogen-bond donors (Lipinski definition) is 5. The van der Waals surface area contributed by atoms with Crippen molar-refractivity contribution in [2.24, 2.45) is 17.6 Å². The van der Waals surface area contributed by atoms with Crippen LogP contribution in [0.3, 0.4) is 0 Å². The lowest BCUT2D eigenvalue weighted by Gasteiger charge is -2.55. The van der Waals surface area contributed by atoms with Crippen molar-refractivity contribution < 1.29 is 39.6 Å². The third-order valence-electron chi connectivity index (χ3n) is 7.95. The number of amides is 1. The van der Waals surface area contributed by atoms with E-state index in [1.165, 1.54) is 19.3 Å². The first kappa shape index (κ1) is 26.8. The van der Waals surface area contributed by atoms with E-state index in [0.717, 1.165) is 0 Å². The number of hydroxylamine groups is 2. The second-order valence-electron chi connectivity index (χ2n) is 9.98. The molecule has 5 atom stereocenters.